The highest BCUT2D eigenvalue weighted by Gasteiger charge is 2.55. The van der Waals surface area contributed by atoms with Gasteiger partial charge < -0.3 is 9.88 Å². The van der Waals surface area contributed by atoms with E-state index >= 15 is 0 Å². The average Bonchev–Trinajstić information content (AvgIpc) is 2.94. The topological polar surface area (TPSA) is 55.6 Å². The molecule has 0 saturated heterocycles. The summed E-state index contributed by atoms with van der Waals surface area (Å²) in [6, 6.07) is 4.28. The standard InChI is InChI=1S/C16H19N5/c1-2-11-12(3-1)13(11)15-19-20-16-14(18-8-9-21(15)16)10-4-6-17-7-5-10/h4-7,11-14,18H,1-3,8-9H2. The van der Waals surface area contributed by atoms with Crippen LogP contribution < -0.4 is 5.32 Å². The molecule has 0 bridgehead atoms. The van der Waals surface area contributed by atoms with Crippen molar-refractivity contribution in [3.05, 3.63) is 41.7 Å². The highest BCUT2D eigenvalue weighted by molar-refractivity contribution is 5.27. The Labute approximate surface area is 123 Å². The molecule has 5 heteroatoms. The van der Waals surface area contributed by atoms with Crippen molar-refractivity contribution < 1.29 is 0 Å². The Bertz CT molecular complexity index is 655. The van der Waals surface area contributed by atoms with E-state index in [-0.39, 0.29) is 6.04 Å². The van der Waals surface area contributed by atoms with Gasteiger partial charge in [-0.05, 0) is 42.4 Å². The molecule has 2 aromatic rings. The third-order valence-electron chi connectivity index (χ3n) is 5.49. The fourth-order valence-electron chi connectivity index (χ4n) is 4.46. The highest BCUT2D eigenvalue weighted by Crippen LogP contribution is 2.62. The van der Waals surface area contributed by atoms with Crippen LogP contribution in [0.5, 0.6) is 0 Å². The first-order chi connectivity index (χ1) is 10.4. The number of rotatable bonds is 2. The quantitative estimate of drug-likeness (QED) is 0.913. The van der Waals surface area contributed by atoms with Crippen LogP contribution >= 0.6 is 0 Å². The van der Waals surface area contributed by atoms with E-state index in [1.807, 2.05) is 12.4 Å². The Hall–Kier alpha value is -1.75. The van der Waals surface area contributed by atoms with Crippen LogP contribution in [0.3, 0.4) is 0 Å². The number of nitrogens with zero attached hydrogens (tertiary/aromatic N) is 4. The third kappa shape index (κ3) is 1.70. The van der Waals surface area contributed by atoms with Crippen molar-refractivity contribution in [1.82, 2.24) is 25.1 Å². The Balaban J connectivity index is 1.52. The molecule has 0 amide bonds. The molecule has 0 aromatic carbocycles. The summed E-state index contributed by atoms with van der Waals surface area (Å²) in [5.41, 5.74) is 1.22. The molecule has 2 aliphatic carbocycles. The number of hydrogen-bond acceptors (Lipinski definition) is 4. The zero-order chi connectivity index (χ0) is 13.8. The first kappa shape index (κ1) is 11.9. The molecular formula is C16H19N5. The second-order valence-corrected chi connectivity index (χ2v) is 6.52. The summed E-state index contributed by atoms with van der Waals surface area (Å²) in [7, 11) is 0. The smallest absolute Gasteiger partial charge is 0.154 e. The summed E-state index contributed by atoms with van der Waals surface area (Å²) >= 11 is 0. The zero-order valence-electron chi connectivity index (χ0n) is 11.9. The number of pyridine rings is 1. The first-order valence-corrected chi connectivity index (χ1v) is 8.00. The molecule has 5 nitrogen and oxygen atoms in total. The SMILES string of the molecule is c1cc(C2NCCn3c2nnc3C2C3CCCC32)ccn1. The van der Waals surface area contributed by atoms with E-state index in [2.05, 4.69) is 37.2 Å². The normalized spacial score (nSPS) is 33.5. The molecule has 3 aliphatic rings. The lowest BCUT2D eigenvalue weighted by molar-refractivity contribution is 0.443. The van der Waals surface area contributed by atoms with E-state index in [9.17, 15) is 0 Å². The number of fused-ring (bicyclic) bond motifs is 2. The molecule has 3 unspecified atom stereocenters. The minimum Gasteiger partial charge on any atom is -0.312 e. The van der Waals surface area contributed by atoms with Crippen LogP contribution in [0.15, 0.2) is 24.5 Å². The van der Waals surface area contributed by atoms with E-state index in [0.717, 1.165) is 30.7 Å². The van der Waals surface area contributed by atoms with Crippen LogP contribution in [-0.2, 0) is 6.54 Å². The molecule has 2 aromatic heterocycles. The molecule has 3 heterocycles. The lowest BCUT2D eigenvalue weighted by Crippen LogP contribution is -2.35. The largest absolute Gasteiger partial charge is 0.312 e. The Morgan fingerprint density at radius 1 is 1.05 bits per heavy atom. The van der Waals surface area contributed by atoms with E-state index in [1.165, 1.54) is 30.7 Å². The van der Waals surface area contributed by atoms with Crippen LogP contribution in [0, 0.1) is 11.8 Å². The molecular weight excluding hydrogens is 262 g/mol. The number of nitrogens with one attached hydrogen (secondary N) is 1. The number of aromatic nitrogens is 4. The van der Waals surface area contributed by atoms with Crippen molar-refractivity contribution in [3.63, 3.8) is 0 Å². The van der Waals surface area contributed by atoms with Gasteiger partial charge in [-0.3, -0.25) is 4.98 Å². The van der Waals surface area contributed by atoms with Gasteiger partial charge in [-0.15, -0.1) is 10.2 Å². The van der Waals surface area contributed by atoms with Gasteiger partial charge in [0.2, 0.25) is 0 Å². The maximum absolute atomic E-state index is 4.58. The maximum Gasteiger partial charge on any atom is 0.154 e. The molecule has 5 rings (SSSR count). The summed E-state index contributed by atoms with van der Waals surface area (Å²) in [5.74, 6) is 4.81. The highest BCUT2D eigenvalue weighted by atomic mass is 15.3. The Morgan fingerprint density at radius 3 is 2.62 bits per heavy atom. The van der Waals surface area contributed by atoms with Gasteiger partial charge in [-0.1, -0.05) is 6.42 Å². The van der Waals surface area contributed by atoms with Crippen molar-refractivity contribution in [1.29, 1.82) is 0 Å². The molecule has 0 spiro atoms. The summed E-state index contributed by atoms with van der Waals surface area (Å²) in [6.45, 7) is 1.97. The van der Waals surface area contributed by atoms with Gasteiger partial charge in [-0.2, -0.15) is 0 Å². The molecule has 0 radical (unpaired) electrons. The third-order valence-corrected chi connectivity index (χ3v) is 5.49. The van der Waals surface area contributed by atoms with Gasteiger partial charge >= 0.3 is 0 Å². The Kier molecular flexibility index (Phi) is 2.47. The van der Waals surface area contributed by atoms with Crippen LogP contribution in [0.4, 0.5) is 0 Å². The second kappa shape index (κ2) is 4.37. The van der Waals surface area contributed by atoms with Crippen LogP contribution in [-0.4, -0.2) is 26.3 Å². The van der Waals surface area contributed by atoms with E-state index in [0.29, 0.717) is 5.92 Å². The molecule has 21 heavy (non-hydrogen) atoms. The number of hydrogen-bond donors (Lipinski definition) is 1. The zero-order valence-corrected chi connectivity index (χ0v) is 11.9. The average molecular weight is 281 g/mol. The molecule has 1 N–H and O–H groups in total. The van der Waals surface area contributed by atoms with Gasteiger partial charge in [0.1, 0.15) is 5.82 Å². The van der Waals surface area contributed by atoms with Crippen molar-refractivity contribution in [3.8, 4) is 0 Å². The monoisotopic (exact) mass is 281 g/mol. The fourth-order valence-corrected chi connectivity index (χ4v) is 4.46. The van der Waals surface area contributed by atoms with Gasteiger partial charge in [0, 0.05) is 31.4 Å². The van der Waals surface area contributed by atoms with Crippen LogP contribution in [0.25, 0.3) is 0 Å². The van der Waals surface area contributed by atoms with Gasteiger partial charge in [-0.25, -0.2) is 0 Å². The lowest BCUT2D eigenvalue weighted by Gasteiger charge is -2.25. The van der Waals surface area contributed by atoms with E-state index in [4.69, 9.17) is 0 Å². The predicted molar refractivity (Wildman–Crippen MR) is 77.7 cm³/mol. The molecule has 2 saturated carbocycles. The van der Waals surface area contributed by atoms with Gasteiger partial charge in [0.15, 0.2) is 5.82 Å². The van der Waals surface area contributed by atoms with Crippen molar-refractivity contribution in [2.24, 2.45) is 11.8 Å². The fraction of sp³-hybridized carbons (Fsp3) is 0.562. The van der Waals surface area contributed by atoms with E-state index in [1.54, 1.807) is 0 Å². The van der Waals surface area contributed by atoms with Gasteiger partial charge in [0.25, 0.3) is 0 Å². The first-order valence-electron chi connectivity index (χ1n) is 8.00. The second-order valence-electron chi connectivity index (χ2n) is 6.52. The summed E-state index contributed by atoms with van der Waals surface area (Å²) in [6.07, 6.45) is 7.89. The lowest BCUT2D eigenvalue weighted by atomic mass is 10.1. The van der Waals surface area contributed by atoms with Crippen LogP contribution in [0.2, 0.25) is 0 Å². The minimum atomic E-state index is 0.154. The van der Waals surface area contributed by atoms with E-state index < -0.39 is 0 Å². The predicted octanol–water partition coefficient (Wildman–Crippen LogP) is 1.88. The molecule has 108 valence electrons. The minimum absolute atomic E-state index is 0.154. The Morgan fingerprint density at radius 2 is 1.81 bits per heavy atom. The van der Waals surface area contributed by atoms with Crippen molar-refractivity contribution in [2.75, 3.05) is 6.54 Å². The summed E-state index contributed by atoms with van der Waals surface area (Å²) < 4.78 is 2.38. The van der Waals surface area contributed by atoms with Crippen LogP contribution in [0.1, 0.15) is 48.4 Å². The van der Waals surface area contributed by atoms with Gasteiger partial charge in [0.05, 0.1) is 6.04 Å². The summed E-state index contributed by atoms with van der Waals surface area (Å²) in [5, 5.41) is 12.7. The molecule has 1 aliphatic heterocycles. The maximum atomic E-state index is 4.58. The molecule has 2 fully saturated rings. The summed E-state index contributed by atoms with van der Waals surface area (Å²) in [4.78, 5) is 4.11. The van der Waals surface area contributed by atoms with Crippen molar-refractivity contribution >= 4 is 0 Å². The molecule has 3 atom stereocenters. The van der Waals surface area contributed by atoms with Crippen molar-refractivity contribution in [2.45, 2.75) is 37.8 Å².